The molecule has 0 spiro atoms. The Morgan fingerprint density at radius 3 is 2.27 bits per heavy atom. The van der Waals surface area contributed by atoms with Crippen LogP contribution >= 0.6 is 0 Å². The molecule has 1 heterocycles. The summed E-state index contributed by atoms with van der Waals surface area (Å²) < 4.78 is 0. The van der Waals surface area contributed by atoms with Crippen LogP contribution in [0.4, 0.5) is 0 Å². The Morgan fingerprint density at radius 1 is 0.933 bits per heavy atom. The van der Waals surface area contributed by atoms with Crippen molar-refractivity contribution in [2.24, 2.45) is 0 Å². The Bertz CT molecular complexity index is 435. The lowest BCUT2D eigenvalue weighted by Gasteiger charge is -2.09. The molecule has 2 rings (SSSR count). The Kier molecular flexibility index (Phi) is 2.77. The van der Waals surface area contributed by atoms with Crippen LogP contribution in [0, 0.1) is 0 Å². The average molecular weight is 198 g/mol. The fraction of sp³-hybridized carbons (Fsp3) is 0.231. The highest BCUT2D eigenvalue weighted by atomic mass is 14.8. The van der Waals surface area contributed by atoms with E-state index in [9.17, 15) is 0 Å². The molecule has 2 nitrogen and oxygen atoms in total. The van der Waals surface area contributed by atoms with Crippen molar-refractivity contribution >= 4 is 0 Å². The minimum absolute atomic E-state index is 0.397. The van der Waals surface area contributed by atoms with Crippen molar-refractivity contribution in [3.8, 4) is 11.3 Å². The maximum atomic E-state index is 4.41. The average Bonchev–Trinajstić information content (AvgIpc) is 2.30. The smallest absolute Gasteiger partial charge is 0.0919 e. The van der Waals surface area contributed by atoms with Crippen LogP contribution in [0.2, 0.25) is 0 Å². The van der Waals surface area contributed by atoms with Crippen LogP contribution in [0.1, 0.15) is 25.5 Å². The Labute approximate surface area is 90.0 Å². The molecule has 0 aliphatic carbocycles. The number of nitrogens with zero attached hydrogens (tertiary/aromatic N) is 2. The molecule has 0 saturated carbocycles. The molecule has 2 heteroatoms. The van der Waals surface area contributed by atoms with Gasteiger partial charge >= 0.3 is 0 Å². The lowest BCUT2D eigenvalue weighted by atomic mass is 10.0. The SMILES string of the molecule is CC(C)c1nccnc1-c1ccccc1. The van der Waals surface area contributed by atoms with E-state index in [0.29, 0.717) is 5.92 Å². The van der Waals surface area contributed by atoms with Crippen LogP contribution < -0.4 is 0 Å². The van der Waals surface area contributed by atoms with Gasteiger partial charge in [-0.05, 0) is 5.92 Å². The topological polar surface area (TPSA) is 25.8 Å². The van der Waals surface area contributed by atoms with E-state index in [1.54, 1.807) is 12.4 Å². The van der Waals surface area contributed by atoms with Crippen LogP contribution in [0.5, 0.6) is 0 Å². The van der Waals surface area contributed by atoms with E-state index in [0.717, 1.165) is 17.0 Å². The minimum atomic E-state index is 0.397. The van der Waals surface area contributed by atoms with Gasteiger partial charge in [0.15, 0.2) is 0 Å². The molecule has 76 valence electrons. The molecule has 0 bridgehead atoms. The van der Waals surface area contributed by atoms with Gasteiger partial charge in [0.2, 0.25) is 0 Å². The van der Waals surface area contributed by atoms with Gasteiger partial charge in [-0.3, -0.25) is 9.97 Å². The van der Waals surface area contributed by atoms with E-state index in [4.69, 9.17) is 0 Å². The quantitative estimate of drug-likeness (QED) is 0.740. The first-order chi connectivity index (χ1) is 7.29. The van der Waals surface area contributed by atoms with Gasteiger partial charge in [0.05, 0.1) is 11.4 Å². The van der Waals surface area contributed by atoms with Gasteiger partial charge in [0.25, 0.3) is 0 Å². The molecule has 15 heavy (non-hydrogen) atoms. The highest BCUT2D eigenvalue weighted by Crippen LogP contribution is 2.24. The maximum absolute atomic E-state index is 4.41. The molecular weight excluding hydrogens is 184 g/mol. The molecule has 2 aromatic rings. The largest absolute Gasteiger partial charge is 0.257 e. The molecule has 0 unspecified atom stereocenters. The van der Waals surface area contributed by atoms with E-state index < -0.39 is 0 Å². The monoisotopic (exact) mass is 198 g/mol. The van der Waals surface area contributed by atoms with Crippen molar-refractivity contribution in [1.82, 2.24) is 9.97 Å². The zero-order valence-corrected chi connectivity index (χ0v) is 9.01. The fourth-order valence-electron chi connectivity index (χ4n) is 1.59. The third-order valence-corrected chi connectivity index (χ3v) is 2.32. The van der Waals surface area contributed by atoms with Gasteiger partial charge in [-0.25, -0.2) is 0 Å². The molecule has 1 aromatic carbocycles. The Balaban J connectivity index is 2.53. The molecule has 0 saturated heterocycles. The van der Waals surface area contributed by atoms with Crippen molar-refractivity contribution < 1.29 is 0 Å². The first kappa shape index (κ1) is 9.84. The second-order valence-electron chi connectivity index (χ2n) is 3.81. The third kappa shape index (κ3) is 2.04. The molecule has 0 aliphatic rings. The number of rotatable bonds is 2. The number of aromatic nitrogens is 2. The predicted molar refractivity (Wildman–Crippen MR) is 61.6 cm³/mol. The summed E-state index contributed by atoms with van der Waals surface area (Å²) in [5, 5.41) is 0. The number of hydrogen-bond donors (Lipinski definition) is 0. The summed E-state index contributed by atoms with van der Waals surface area (Å²) in [6.07, 6.45) is 3.50. The normalized spacial score (nSPS) is 10.6. The van der Waals surface area contributed by atoms with Crippen LogP contribution in [0.15, 0.2) is 42.7 Å². The van der Waals surface area contributed by atoms with E-state index >= 15 is 0 Å². The summed E-state index contributed by atoms with van der Waals surface area (Å²) in [5.41, 5.74) is 3.19. The molecule has 0 N–H and O–H groups in total. The predicted octanol–water partition coefficient (Wildman–Crippen LogP) is 3.27. The van der Waals surface area contributed by atoms with Crippen LogP contribution in [-0.4, -0.2) is 9.97 Å². The Hall–Kier alpha value is -1.70. The number of benzene rings is 1. The lowest BCUT2D eigenvalue weighted by Crippen LogP contribution is -1.98. The zero-order valence-electron chi connectivity index (χ0n) is 9.01. The van der Waals surface area contributed by atoms with Crippen LogP contribution in [0.25, 0.3) is 11.3 Å². The summed E-state index contributed by atoms with van der Waals surface area (Å²) in [6, 6.07) is 10.2. The van der Waals surface area contributed by atoms with Gasteiger partial charge < -0.3 is 0 Å². The van der Waals surface area contributed by atoms with Crippen LogP contribution in [-0.2, 0) is 0 Å². The fourth-order valence-corrected chi connectivity index (χ4v) is 1.59. The van der Waals surface area contributed by atoms with Crippen molar-refractivity contribution in [2.45, 2.75) is 19.8 Å². The minimum Gasteiger partial charge on any atom is -0.257 e. The second-order valence-corrected chi connectivity index (χ2v) is 3.81. The highest BCUT2D eigenvalue weighted by molar-refractivity contribution is 5.61. The summed E-state index contributed by atoms with van der Waals surface area (Å²) in [7, 11) is 0. The van der Waals surface area contributed by atoms with Gasteiger partial charge in [-0.1, -0.05) is 44.2 Å². The second kappa shape index (κ2) is 4.22. The van der Waals surface area contributed by atoms with Gasteiger partial charge in [0, 0.05) is 18.0 Å². The van der Waals surface area contributed by atoms with Crippen molar-refractivity contribution in [1.29, 1.82) is 0 Å². The van der Waals surface area contributed by atoms with Gasteiger partial charge in [0.1, 0.15) is 0 Å². The van der Waals surface area contributed by atoms with Gasteiger partial charge in [-0.15, -0.1) is 0 Å². The molecule has 1 aromatic heterocycles. The highest BCUT2D eigenvalue weighted by Gasteiger charge is 2.09. The summed E-state index contributed by atoms with van der Waals surface area (Å²) in [6.45, 7) is 4.27. The van der Waals surface area contributed by atoms with Crippen LogP contribution in [0.3, 0.4) is 0 Å². The maximum Gasteiger partial charge on any atom is 0.0919 e. The number of hydrogen-bond acceptors (Lipinski definition) is 2. The molecule has 0 amide bonds. The molecular formula is C13H14N2. The summed E-state index contributed by atoms with van der Waals surface area (Å²) in [5.74, 6) is 0.397. The van der Waals surface area contributed by atoms with Gasteiger partial charge in [-0.2, -0.15) is 0 Å². The van der Waals surface area contributed by atoms with E-state index in [1.807, 2.05) is 18.2 Å². The molecule has 0 atom stereocenters. The Morgan fingerprint density at radius 2 is 1.60 bits per heavy atom. The summed E-state index contributed by atoms with van der Waals surface area (Å²) in [4.78, 5) is 8.80. The zero-order chi connectivity index (χ0) is 10.7. The van der Waals surface area contributed by atoms with Crippen molar-refractivity contribution in [3.05, 3.63) is 48.4 Å². The first-order valence-electron chi connectivity index (χ1n) is 5.15. The van der Waals surface area contributed by atoms with E-state index in [2.05, 4.69) is 35.9 Å². The summed E-state index contributed by atoms with van der Waals surface area (Å²) >= 11 is 0. The van der Waals surface area contributed by atoms with E-state index in [-0.39, 0.29) is 0 Å². The molecule has 0 fully saturated rings. The van der Waals surface area contributed by atoms with E-state index in [1.165, 1.54) is 0 Å². The van der Waals surface area contributed by atoms with Crippen molar-refractivity contribution in [2.75, 3.05) is 0 Å². The first-order valence-corrected chi connectivity index (χ1v) is 5.15. The molecule has 0 radical (unpaired) electrons. The third-order valence-electron chi connectivity index (χ3n) is 2.32. The standard InChI is InChI=1S/C13H14N2/c1-10(2)12-13(15-9-8-14-12)11-6-4-3-5-7-11/h3-10H,1-2H3. The van der Waals surface area contributed by atoms with Crippen molar-refractivity contribution in [3.63, 3.8) is 0 Å². The lowest BCUT2D eigenvalue weighted by molar-refractivity contribution is 0.816. The molecule has 0 aliphatic heterocycles.